The van der Waals surface area contributed by atoms with Crippen LogP contribution in [0.25, 0.3) is 0 Å². The second-order valence-electron chi connectivity index (χ2n) is 7.36. The number of hydrogen-bond donors (Lipinski definition) is 1. The van der Waals surface area contributed by atoms with Gasteiger partial charge in [0.2, 0.25) is 5.82 Å². The maximum absolute atomic E-state index is 12.4. The Balaban J connectivity index is 1.91. The Morgan fingerprint density at radius 3 is 2.42 bits per heavy atom. The second kappa shape index (κ2) is 7.06. The van der Waals surface area contributed by atoms with E-state index in [1.165, 1.54) is 7.11 Å². The summed E-state index contributed by atoms with van der Waals surface area (Å²) >= 11 is 0. The number of esters is 1. The molecule has 3 rings (SSSR count). The number of nitrogens with one attached hydrogen (secondary N) is 1. The number of hydrogen-bond acceptors (Lipinski definition) is 8. The molecular formula is C17H25N5O4. The van der Waals surface area contributed by atoms with E-state index in [1.54, 1.807) is 4.90 Å². The van der Waals surface area contributed by atoms with Crippen molar-refractivity contribution in [3.63, 3.8) is 0 Å². The number of methoxy groups -OCH3 is 1. The summed E-state index contributed by atoms with van der Waals surface area (Å²) in [5.74, 6) is 0.133. The molecule has 0 aliphatic carbocycles. The average Bonchev–Trinajstić information content (AvgIpc) is 3.04. The van der Waals surface area contributed by atoms with Gasteiger partial charge in [-0.15, -0.1) is 0 Å². The third-order valence-corrected chi connectivity index (χ3v) is 4.20. The van der Waals surface area contributed by atoms with Crippen LogP contribution >= 0.6 is 0 Å². The molecule has 0 saturated carbocycles. The molecule has 2 aliphatic heterocycles. The highest BCUT2D eigenvalue weighted by molar-refractivity contribution is 5.86. The number of carbonyl (C=O) groups is 2. The summed E-state index contributed by atoms with van der Waals surface area (Å²) in [6, 6.07) is 0. The fraction of sp³-hybridized carbons (Fsp3) is 0.647. The SMILES string of the molecule is COC(=O)c1nc2c(c(N3CCNCC3)n1)CN(C(=O)OC(C)(C)C)C2. The van der Waals surface area contributed by atoms with Gasteiger partial charge in [-0.25, -0.2) is 19.6 Å². The third-order valence-electron chi connectivity index (χ3n) is 4.20. The molecule has 1 aromatic heterocycles. The Morgan fingerprint density at radius 1 is 1.12 bits per heavy atom. The fourth-order valence-corrected chi connectivity index (χ4v) is 3.01. The van der Waals surface area contributed by atoms with E-state index in [2.05, 4.69) is 20.2 Å². The van der Waals surface area contributed by atoms with E-state index in [0.717, 1.165) is 31.7 Å². The minimum Gasteiger partial charge on any atom is -0.463 e. The number of carbonyl (C=O) groups excluding carboxylic acids is 2. The van der Waals surface area contributed by atoms with Gasteiger partial charge >= 0.3 is 12.1 Å². The van der Waals surface area contributed by atoms with Crippen molar-refractivity contribution in [3.05, 3.63) is 17.1 Å². The summed E-state index contributed by atoms with van der Waals surface area (Å²) in [7, 11) is 1.30. The van der Waals surface area contributed by atoms with Crippen LogP contribution in [0.1, 0.15) is 42.6 Å². The second-order valence-corrected chi connectivity index (χ2v) is 7.36. The lowest BCUT2D eigenvalue weighted by molar-refractivity contribution is 0.0241. The van der Waals surface area contributed by atoms with E-state index in [4.69, 9.17) is 9.47 Å². The summed E-state index contributed by atoms with van der Waals surface area (Å²) in [6.45, 7) is 9.36. The van der Waals surface area contributed by atoms with Crippen molar-refractivity contribution >= 4 is 17.9 Å². The molecule has 142 valence electrons. The highest BCUT2D eigenvalue weighted by atomic mass is 16.6. The Kier molecular flexibility index (Phi) is 4.99. The van der Waals surface area contributed by atoms with Gasteiger partial charge < -0.3 is 19.7 Å². The monoisotopic (exact) mass is 363 g/mol. The van der Waals surface area contributed by atoms with Crippen molar-refractivity contribution in [2.45, 2.75) is 39.5 Å². The van der Waals surface area contributed by atoms with Crippen molar-refractivity contribution in [2.24, 2.45) is 0 Å². The van der Waals surface area contributed by atoms with Crippen molar-refractivity contribution in [3.8, 4) is 0 Å². The van der Waals surface area contributed by atoms with Crippen LogP contribution in [0.3, 0.4) is 0 Å². The molecule has 0 atom stereocenters. The van der Waals surface area contributed by atoms with Crippen LogP contribution in [0.2, 0.25) is 0 Å². The minimum absolute atomic E-state index is 0.0193. The first-order valence-corrected chi connectivity index (χ1v) is 8.70. The summed E-state index contributed by atoms with van der Waals surface area (Å²) in [4.78, 5) is 36.9. The van der Waals surface area contributed by atoms with E-state index < -0.39 is 17.7 Å². The molecule has 9 nitrogen and oxygen atoms in total. The van der Waals surface area contributed by atoms with E-state index >= 15 is 0 Å². The van der Waals surface area contributed by atoms with Gasteiger partial charge in [0.15, 0.2) is 0 Å². The predicted molar refractivity (Wildman–Crippen MR) is 93.9 cm³/mol. The largest absolute Gasteiger partial charge is 0.463 e. The Morgan fingerprint density at radius 2 is 1.81 bits per heavy atom. The van der Waals surface area contributed by atoms with Crippen molar-refractivity contribution in [1.29, 1.82) is 0 Å². The predicted octanol–water partition coefficient (Wildman–Crippen LogP) is 0.923. The topological polar surface area (TPSA) is 96.9 Å². The zero-order valence-corrected chi connectivity index (χ0v) is 15.7. The maximum Gasteiger partial charge on any atom is 0.410 e. The summed E-state index contributed by atoms with van der Waals surface area (Å²) in [5.41, 5.74) is 0.959. The van der Waals surface area contributed by atoms with Crippen molar-refractivity contribution in [1.82, 2.24) is 20.2 Å². The van der Waals surface area contributed by atoms with Gasteiger partial charge in [0.05, 0.1) is 25.9 Å². The van der Waals surface area contributed by atoms with Gasteiger partial charge in [-0.2, -0.15) is 0 Å². The Labute approximate surface area is 152 Å². The molecule has 3 heterocycles. The molecule has 0 aromatic carbocycles. The standard InChI is InChI=1S/C17H25N5O4/c1-17(2,3)26-16(24)22-9-11-12(10-22)19-13(15(23)25-4)20-14(11)21-7-5-18-6-8-21/h18H,5-10H2,1-4H3. The Bertz CT molecular complexity index is 710. The fourth-order valence-electron chi connectivity index (χ4n) is 3.01. The summed E-state index contributed by atoms with van der Waals surface area (Å²) < 4.78 is 10.2. The zero-order valence-electron chi connectivity index (χ0n) is 15.7. The minimum atomic E-state index is -0.583. The molecule has 1 fully saturated rings. The molecule has 0 spiro atoms. The lowest BCUT2D eigenvalue weighted by Crippen LogP contribution is -2.44. The molecule has 0 unspecified atom stereocenters. The van der Waals surface area contributed by atoms with Crippen LogP contribution in [0.5, 0.6) is 0 Å². The lowest BCUT2D eigenvalue weighted by atomic mass is 10.2. The van der Waals surface area contributed by atoms with E-state index in [1.807, 2.05) is 20.8 Å². The van der Waals surface area contributed by atoms with Gasteiger partial charge in [-0.3, -0.25) is 4.90 Å². The van der Waals surface area contributed by atoms with E-state index in [0.29, 0.717) is 18.1 Å². The number of rotatable bonds is 2. The number of aromatic nitrogens is 2. The van der Waals surface area contributed by atoms with E-state index in [-0.39, 0.29) is 12.4 Å². The van der Waals surface area contributed by atoms with Crippen LogP contribution < -0.4 is 10.2 Å². The van der Waals surface area contributed by atoms with Crippen LogP contribution in [-0.4, -0.2) is 65.8 Å². The smallest absolute Gasteiger partial charge is 0.410 e. The highest BCUT2D eigenvalue weighted by Gasteiger charge is 2.33. The molecule has 1 saturated heterocycles. The number of ether oxygens (including phenoxy) is 2. The number of amides is 1. The quantitative estimate of drug-likeness (QED) is 0.775. The lowest BCUT2D eigenvalue weighted by Gasteiger charge is -2.30. The van der Waals surface area contributed by atoms with Crippen LogP contribution in [0.4, 0.5) is 10.6 Å². The molecule has 1 N–H and O–H groups in total. The maximum atomic E-state index is 12.4. The third kappa shape index (κ3) is 3.87. The van der Waals surface area contributed by atoms with Gasteiger partial charge in [-0.1, -0.05) is 0 Å². The zero-order chi connectivity index (χ0) is 18.9. The van der Waals surface area contributed by atoms with E-state index in [9.17, 15) is 9.59 Å². The molecule has 1 amide bonds. The van der Waals surface area contributed by atoms with Crippen molar-refractivity contribution < 1.29 is 19.1 Å². The molecular weight excluding hydrogens is 338 g/mol. The number of anilines is 1. The first-order chi connectivity index (χ1) is 12.3. The summed E-state index contributed by atoms with van der Waals surface area (Å²) in [6.07, 6.45) is -0.402. The number of fused-ring (bicyclic) bond motifs is 1. The first-order valence-electron chi connectivity index (χ1n) is 8.70. The Hall–Kier alpha value is -2.42. The van der Waals surface area contributed by atoms with Crippen molar-refractivity contribution in [2.75, 3.05) is 38.2 Å². The van der Waals surface area contributed by atoms with Gasteiger partial charge in [0.1, 0.15) is 11.4 Å². The number of piperazine rings is 1. The molecule has 26 heavy (non-hydrogen) atoms. The van der Waals surface area contributed by atoms with Crippen LogP contribution in [0, 0.1) is 0 Å². The molecule has 0 bridgehead atoms. The molecule has 0 radical (unpaired) electrons. The first kappa shape index (κ1) is 18.4. The highest BCUT2D eigenvalue weighted by Crippen LogP contribution is 2.30. The van der Waals surface area contributed by atoms with Crippen LogP contribution in [0.15, 0.2) is 0 Å². The average molecular weight is 363 g/mol. The van der Waals surface area contributed by atoms with Gasteiger partial charge in [-0.05, 0) is 20.8 Å². The number of nitrogens with zero attached hydrogens (tertiary/aromatic N) is 4. The van der Waals surface area contributed by atoms with Crippen LogP contribution in [-0.2, 0) is 22.6 Å². The van der Waals surface area contributed by atoms with Gasteiger partial charge in [0.25, 0.3) is 0 Å². The molecule has 9 heteroatoms. The molecule has 1 aromatic rings. The summed E-state index contributed by atoms with van der Waals surface area (Å²) in [5, 5.41) is 3.29. The van der Waals surface area contributed by atoms with Gasteiger partial charge in [0, 0.05) is 31.7 Å². The normalized spacial score (nSPS) is 17.1. The molecule has 2 aliphatic rings.